The number of rotatable bonds is 3. The van der Waals surface area contributed by atoms with E-state index in [9.17, 15) is 5.11 Å². The van der Waals surface area contributed by atoms with Crippen LogP contribution in [0.4, 0.5) is 0 Å². The summed E-state index contributed by atoms with van der Waals surface area (Å²) >= 11 is 0. The molecule has 4 nitrogen and oxygen atoms in total. The van der Waals surface area contributed by atoms with Crippen LogP contribution in [0.25, 0.3) is 10.9 Å². The summed E-state index contributed by atoms with van der Waals surface area (Å²) in [5, 5.41) is 12.2. The van der Waals surface area contributed by atoms with Crippen LogP contribution in [0, 0.1) is 6.92 Å². The van der Waals surface area contributed by atoms with Gasteiger partial charge in [-0.2, -0.15) is 0 Å². The number of benzene rings is 1. The molecule has 0 unspecified atom stereocenters. The Bertz CT molecular complexity index is 832. The van der Waals surface area contributed by atoms with E-state index in [0.29, 0.717) is 0 Å². The van der Waals surface area contributed by atoms with Gasteiger partial charge < -0.3 is 10.1 Å². The summed E-state index contributed by atoms with van der Waals surface area (Å²) in [6.07, 6.45) is 5.04. The molecule has 1 aliphatic heterocycles. The fourth-order valence-electron chi connectivity index (χ4n) is 3.73. The van der Waals surface area contributed by atoms with E-state index in [1.165, 1.54) is 22.2 Å². The van der Waals surface area contributed by atoms with Gasteiger partial charge in [0.1, 0.15) is 0 Å². The van der Waals surface area contributed by atoms with E-state index in [1.54, 1.807) is 12.4 Å². The smallest absolute Gasteiger partial charge is 0.0935 e. The Kier molecular flexibility index (Phi) is 3.87. The lowest BCUT2D eigenvalue weighted by Gasteiger charge is -2.38. The molecular weight excluding hydrogens is 298 g/mol. The standard InChI is InChI=1S/C20H23N3O/c1-15-17-6-2-3-7-18(17)22-19(15)14-23-11-8-20(24,9-12-23)16-5-4-10-21-13-16/h2-7,10,13,22,24H,8-9,11-12,14H2,1H3. The molecular formula is C20H23N3O. The second kappa shape index (κ2) is 6.04. The molecule has 24 heavy (non-hydrogen) atoms. The second-order valence-electron chi connectivity index (χ2n) is 6.82. The molecule has 0 amide bonds. The van der Waals surface area contributed by atoms with Crippen LogP contribution in [-0.2, 0) is 12.1 Å². The Balaban J connectivity index is 1.47. The Morgan fingerprint density at radius 1 is 1.17 bits per heavy atom. The van der Waals surface area contributed by atoms with Crippen LogP contribution in [0.1, 0.15) is 29.7 Å². The van der Waals surface area contributed by atoms with Gasteiger partial charge in [0.05, 0.1) is 5.60 Å². The van der Waals surface area contributed by atoms with E-state index in [-0.39, 0.29) is 0 Å². The molecule has 4 rings (SSSR count). The molecule has 0 spiro atoms. The first-order valence-electron chi connectivity index (χ1n) is 8.57. The molecule has 1 aliphatic rings. The predicted octanol–water partition coefficient (Wildman–Crippen LogP) is 3.35. The average Bonchev–Trinajstić information content (AvgIpc) is 2.94. The number of nitrogens with one attached hydrogen (secondary N) is 1. The summed E-state index contributed by atoms with van der Waals surface area (Å²) in [4.78, 5) is 10.1. The van der Waals surface area contributed by atoms with Crippen molar-refractivity contribution in [1.82, 2.24) is 14.9 Å². The molecule has 0 aliphatic carbocycles. The van der Waals surface area contributed by atoms with Crippen LogP contribution in [-0.4, -0.2) is 33.1 Å². The molecule has 3 heterocycles. The normalized spacial score (nSPS) is 18.1. The molecule has 4 heteroatoms. The van der Waals surface area contributed by atoms with Crippen LogP contribution in [0.5, 0.6) is 0 Å². The van der Waals surface area contributed by atoms with Crippen molar-refractivity contribution in [2.75, 3.05) is 13.1 Å². The molecule has 124 valence electrons. The number of H-pyrrole nitrogens is 1. The van der Waals surface area contributed by atoms with Gasteiger partial charge in [0.2, 0.25) is 0 Å². The zero-order valence-corrected chi connectivity index (χ0v) is 14.0. The maximum Gasteiger partial charge on any atom is 0.0935 e. The average molecular weight is 321 g/mol. The van der Waals surface area contributed by atoms with Crippen molar-refractivity contribution in [3.05, 3.63) is 65.6 Å². The minimum absolute atomic E-state index is 0.736. The minimum atomic E-state index is -0.736. The fraction of sp³-hybridized carbons (Fsp3) is 0.350. The number of nitrogens with zero attached hydrogens (tertiary/aromatic N) is 2. The molecule has 3 aromatic rings. The van der Waals surface area contributed by atoms with Crippen LogP contribution in [0.2, 0.25) is 0 Å². The SMILES string of the molecule is Cc1c(CN2CCC(O)(c3cccnc3)CC2)[nH]c2ccccc12. The molecule has 0 radical (unpaired) electrons. The van der Waals surface area contributed by atoms with E-state index in [0.717, 1.165) is 38.0 Å². The van der Waals surface area contributed by atoms with Crippen molar-refractivity contribution in [3.8, 4) is 0 Å². The number of piperidine rings is 1. The molecule has 1 saturated heterocycles. The highest BCUT2D eigenvalue weighted by Gasteiger charge is 2.34. The van der Waals surface area contributed by atoms with Crippen LogP contribution < -0.4 is 0 Å². The number of aliphatic hydroxyl groups is 1. The van der Waals surface area contributed by atoms with Crippen LogP contribution >= 0.6 is 0 Å². The zero-order valence-electron chi connectivity index (χ0n) is 14.0. The first-order valence-corrected chi connectivity index (χ1v) is 8.57. The molecule has 2 aromatic heterocycles. The summed E-state index contributed by atoms with van der Waals surface area (Å²) in [5.41, 5.74) is 4.02. The van der Waals surface area contributed by atoms with Crippen molar-refractivity contribution in [1.29, 1.82) is 0 Å². The minimum Gasteiger partial charge on any atom is -0.385 e. The Labute approximate surface area is 142 Å². The number of fused-ring (bicyclic) bond motifs is 1. The van der Waals surface area contributed by atoms with Gasteiger partial charge in [0.15, 0.2) is 0 Å². The topological polar surface area (TPSA) is 52.1 Å². The third kappa shape index (κ3) is 2.72. The first-order chi connectivity index (χ1) is 11.7. The highest BCUT2D eigenvalue weighted by Crippen LogP contribution is 2.33. The summed E-state index contributed by atoms with van der Waals surface area (Å²) < 4.78 is 0. The highest BCUT2D eigenvalue weighted by molar-refractivity contribution is 5.84. The summed E-state index contributed by atoms with van der Waals surface area (Å²) in [6.45, 7) is 4.87. The van der Waals surface area contributed by atoms with Gasteiger partial charge >= 0.3 is 0 Å². The van der Waals surface area contributed by atoms with Gasteiger partial charge in [-0.25, -0.2) is 0 Å². The second-order valence-corrected chi connectivity index (χ2v) is 6.82. The van der Waals surface area contributed by atoms with Crippen LogP contribution in [0.3, 0.4) is 0 Å². The number of likely N-dealkylation sites (tertiary alicyclic amines) is 1. The lowest BCUT2D eigenvalue weighted by Crippen LogP contribution is -2.42. The van der Waals surface area contributed by atoms with Crippen molar-refractivity contribution in [2.24, 2.45) is 0 Å². The Morgan fingerprint density at radius 2 is 1.96 bits per heavy atom. The number of aryl methyl sites for hydroxylation is 1. The first kappa shape index (κ1) is 15.4. The molecule has 1 aromatic carbocycles. The third-order valence-corrected chi connectivity index (χ3v) is 5.33. The predicted molar refractivity (Wildman–Crippen MR) is 95.7 cm³/mol. The zero-order chi connectivity index (χ0) is 16.6. The summed E-state index contributed by atoms with van der Waals surface area (Å²) in [6, 6.07) is 12.3. The van der Waals surface area contributed by atoms with E-state index >= 15 is 0 Å². The van der Waals surface area contributed by atoms with Crippen molar-refractivity contribution in [2.45, 2.75) is 31.9 Å². The van der Waals surface area contributed by atoms with E-state index < -0.39 is 5.60 Å². The van der Waals surface area contributed by atoms with Gasteiger partial charge in [0, 0.05) is 54.2 Å². The molecule has 0 bridgehead atoms. The van der Waals surface area contributed by atoms with Gasteiger partial charge in [-0.3, -0.25) is 9.88 Å². The van der Waals surface area contributed by atoms with Crippen molar-refractivity contribution in [3.63, 3.8) is 0 Å². The third-order valence-electron chi connectivity index (χ3n) is 5.33. The molecule has 2 N–H and O–H groups in total. The van der Waals surface area contributed by atoms with Crippen LogP contribution in [0.15, 0.2) is 48.8 Å². The fourth-order valence-corrected chi connectivity index (χ4v) is 3.73. The maximum absolute atomic E-state index is 10.9. The Morgan fingerprint density at radius 3 is 2.67 bits per heavy atom. The van der Waals surface area contributed by atoms with Gasteiger partial charge in [-0.1, -0.05) is 24.3 Å². The van der Waals surface area contributed by atoms with E-state index in [4.69, 9.17) is 0 Å². The van der Waals surface area contributed by atoms with Gasteiger partial charge in [-0.05, 0) is 37.5 Å². The number of aromatic nitrogens is 2. The van der Waals surface area contributed by atoms with Crippen molar-refractivity contribution >= 4 is 10.9 Å². The Hall–Kier alpha value is -2.17. The van der Waals surface area contributed by atoms with E-state index in [2.05, 4.69) is 46.1 Å². The quantitative estimate of drug-likeness (QED) is 0.778. The number of para-hydroxylation sites is 1. The largest absolute Gasteiger partial charge is 0.385 e. The summed E-state index contributed by atoms with van der Waals surface area (Å²) in [7, 11) is 0. The molecule has 0 saturated carbocycles. The van der Waals surface area contributed by atoms with E-state index in [1.807, 2.05) is 12.1 Å². The monoisotopic (exact) mass is 321 g/mol. The van der Waals surface area contributed by atoms with Gasteiger partial charge in [-0.15, -0.1) is 0 Å². The lowest BCUT2D eigenvalue weighted by molar-refractivity contribution is -0.0282. The lowest BCUT2D eigenvalue weighted by atomic mass is 9.85. The highest BCUT2D eigenvalue weighted by atomic mass is 16.3. The van der Waals surface area contributed by atoms with Gasteiger partial charge in [0.25, 0.3) is 0 Å². The maximum atomic E-state index is 10.9. The number of pyridine rings is 1. The molecule has 1 fully saturated rings. The molecule has 0 atom stereocenters. The van der Waals surface area contributed by atoms with Crippen molar-refractivity contribution < 1.29 is 5.11 Å². The number of hydrogen-bond donors (Lipinski definition) is 2. The number of aromatic amines is 1. The number of hydrogen-bond acceptors (Lipinski definition) is 3. The summed E-state index contributed by atoms with van der Waals surface area (Å²) in [5.74, 6) is 0.